The van der Waals surface area contributed by atoms with Gasteiger partial charge in [-0.2, -0.15) is 13.0 Å². The SMILES string of the molecule is Cc1ccc(C(=O)Nc2ccc(S(=O)(=O)[O-])c3cc(S(=O)(=O)[O-])cc(SOO[O-])c23)cc1NC(=O)c1cccc(NC(=O)Nc2cccc(C(=O)Nc3cc(C(=O)Nc4ccc(SOO[O-])c5cc(SOO[O-])cc(S(=O)(=O)[O-])c45)ccc3C)c2)c1.[Na+].[Na+].[Na+].[Na+].[Na+].[Na+]. The number of carbonyl (C=O) groups is 5. The van der Waals surface area contributed by atoms with Crippen molar-refractivity contribution in [3.63, 3.8) is 0 Å². The van der Waals surface area contributed by atoms with Gasteiger partial charge in [0.05, 0.1) is 62.2 Å². The van der Waals surface area contributed by atoms with Gasteiger partial charge in [-0.15, -0.1) is 0 Å². The second-order valence-corrected chi connectivity index (χ2v) is 23.9. The molecule has 41 heteroatoms. The number of aryl methyl sites for hydroxylation is 2. The van der Waals surface area contributed by atoms with Crippen LogP contribution >= 0.6 is 36.1 Å². The van der Waals surface area contributed by atoms with E-state index >= 15 is 0 Å². The molecule has 0 spiro atoms. The summed E-state index contributed by atoms with van der Waals surface area (Å²) in [5.74, 6) is -3.12. The zero-order valence-electron chi connectivity index (χ0n) is 49.0. The van der Waals surface area contributed by atoms with Crippen LogP contribution in [0.3, 0.4) is 0 Å². The predicted molar refractivity (Wildman–Crippen MR) is 296 cm³/mol. The summed E-state index contributed by atoms with van der Waals surface area (Å²) in [5, 5.41) is 56.1. The number of amides is 6. The molecule has 0 aliphatic carbocycles. The molecule has 0 radical (unpaired) electrons. The first-order chi connectivity index (χ1) is 40.8. The maximum absolute atomic E-state index is 13.8. The first-order valence-electron chi connectivity index (χ1n) is 23.5. The molecule has 0 bridgehead atoms. The van der Waals surface area contributed by atoms with Crippen molar-refractivity contribution in [1.29, 1.82) is 0 Å². The molecule has 0 saturated carbocycles. The molecule has 6 N–H and O–H groups in total. The Morgan fingerprint density at radius 1 is 0.391 bits per heavy atom. The van der Waals surface area contributed by atoms with E-state index in [1.807, 2.05) is 0 Å². The Balaban J connectivity index is 0.00000480. The van der Waals surface area contributed by atoms with Crippen LogP contribution in [0.5, 0.6) is 0 Å². The van der Waals surface area contributed by atoms with Crippen molar-refractivity contribution >= 4 is 152 Å². The molecule has 8 aromatic rings. The van der Waals surface area contributed by atoms with Crippen LogP contribution in [0.25, 0.3) is 21.5 Å². The van der Waals surface area contributed by atoms with Gasteiger partial charge in [-0.1, -0.05) is 24.3 Å². The molecule has 8 aromatic carbocycles. The minimum absolute atomic E-state index is 0. The number of fused-ring (bicyclic) bond motifs is 2. The summed E-state index contributed by atoms with van der Waals surface area (Å²) < 4.78 is 123. The molecule has 0 saturated heterocycles. The quantitative estimate of drug-likeness (QED) is 0.0121. The summed E-state index contributed by atoms with van der Waals surface area (Å²) in [6.45, 7) is 3.23. The summed E-state index contributed by atoms with van der Waals surface area (Å²) in [7, 11) is -15.9. The van der Waals surface area contributed by atoms with E-state index in [9.17, 15) is 78.7 Å². The third-order valence-electron chi connectivity index (χ3n) is 12.1. The first-order valence-corrected chi connectivity index (χ1v) is 29.9. The van der Waals surface area contributed by atoms with Crippen molar-refractivity contribution in [2.75, 3.05) is 31.9 Å². The maximum atomic E-state index is 13.8. The van der Waals surface area contributed by atoms with Crippen LogP contribution in [-0.4, -0.2) is 68.6 Å². The molecule has 92 heavy (non-hydrogen) atoms. The van der Waals surface area contributed by atoms with Crippen LogP contribution in [0.1, 0.15) is 52.6 Å². The molecule has 0 aliphatic heterocycles. The first kappa shape index (κ1) is 85.9. The molecule has 6 amide bonds. The van der Waals surface area contributed by atoms with E-state index in [1.54, 1.807) is 13.8 Å². The number of carbonyl (C=O) groups excluding carboxylic acids is 5. The van der Waals surface area contributed by atoms with E-state index in [1.165, 1.54) is 103 Å². The Labute approximate surface area is 668 Å². The summed E-state index contributed by atoms with van der Waals surface area (Å²) in [5.41, 5.74) is 0.981. The molecule has 0 atom stereocenters. The summed E-state index contributed by atoms with van der Waals surface area (Å²) in [6.07, 6.45) is 0. The van der Waals surface area contributed by atoms with Crippen molar-refractivity contribution < 1.29 is 284 Å². The number of urea groups is 1. The van der Waals surface area contributed by atoms with Gasteiger partial charge in [-0.3, -0.25) is 34.3 Å². The topological polar surface area (TPSA) is 454 Å². The molecular formula is C51H34N6Na6O23S6. The van der Waals surface area contributed by atoms with Gasteiger partial charge in [0.1, 0.15) is 30.4 Å². The molecule has 8 rings (SSSR count). The van der Waals surface area contributed by atoms with Crippen molar-refractivity contribution in [2.45, 2.75) is 43.2 Å². The zero-order valence-corrected chi connectivity index (χ0v) is 65.9. The van der Waals surface area contributed by atoms with Crippen LogP contribution in [0.4, 0.5) is 38.9 Å². The smallest absolute Gasteiger partial charge is 0.744 e. The minimum Gasteiger partial charge on any atom is -0.744 e. The summed E-state index contributed by atoms with van der Waals surface area (Å²) in [6, 6.07) is 26.6. The van der Waals surface area contributed by atoms with Crippen molar-refractivity contribution in [3.05, 3.63) is 167 Å². The van der Waals surface area contributed by atoms with Crippen LogP contribution in [-0.2, 0) is 58.5 Å². The Morgan fingerprint density at radius 3 is 1.27 bits per heavy atom. The Bertz CT molecular complexity index is 4440. The van der Waals surface area contributed by atoms with Crippen LogP contribution < -0.4 is 225 Å². The fourth-order valence-corrected chi connectivity index (χ4v) is 11.8. The third-order valence-corrected chi connectivity index (χ3v) is 16.5. The Morgan fingerprint density at radius 2 is 0.815 bits per heavy atom. The minimum atomic E-state index is -5.34. The van der Waals surface area contributed by atoms with Gasteiger partial charge in [0.2, 0.25) is 0 Å². The monoisotopic (exact) mass is 1430 g/mol. The molecule has 448 valence electrons. The van der Waals surface area contributed by atoms with Crippen LogP contribution in [0, 0.1) is 13.8 Å². The Hall–Kier alpha value is -2.15. The van der Waals surface area contributed by atoms with Gasteiger partial charge in [0, 0.05) is 81.2 Å². The predicted octanol–water partition coefficient (Wildman–Crippen LogP) is -12.3. The fourth-order valence-electron chi connectivity index (χ4n) is 8.24. The van der Waals surface area contributed by atoms with E-state index in [4.69, 9.17) is 0 Å². The van der Waals surface area contributed by atoms with E-state index in [0.717, 1.165) is 18.2 Å². The number of anilines is 6. The number of hydrogen-bond donors (Lipinski definition) is 6. The average Bonchev–Trinajstić information content (AvgIpc) is 0.763. The number of rotatable bonds is 22. The zero-order chi connectivity index (χ0) is 62.3. The molecule has 0 unspecified atom stereocenters. The second kappa shape index (κ2) is 38.3. The van der Waals surface area contributed by atoms with E-state index in [0.29, 0.717) is 35.3 Å². The average molecular weight is 1430 g/mol. The fraction of sp³-hybridized carbons (Fsp3) is 0.0392. The van der Waals surface area contributed by atoms with Crippen molar-refractivity contribution in [3.8, 4) is 0 Å². The van der Waals surface area contributed by atoms with E-state index in [-0.39, 0.29) is 284 Å². The third kappa shape index (κ3) is 22.4. The molecule has 0 fully saturated rings. The Kier molecular flexibility index (Phi) is 35.8. The molecule has 29 nitrogen and oxygen atoms in total. The number of nitrogens with one attached hydrogen (secondary N) is 6. The van der Waals surface area contributed by atoms with Gasteiger partial charge >= 0.3 is 183 Å². The van der Waals surface area contributed by atoms with Crippen molar-refractivity contribution in [2.24, 2.45) is 0 Å². The van der Waals surface area contributed by atoms with Gasteiger partial charge in [0.25, 0.3) is 23.6 Å². The largest absolute Gasteiger partial charge is 1.00 e. The van der Waals surface area contributed by atoms with Gasteiger partial charge in [-0.05, 0) is 134 Å². The maximum Gasteiger partial charge on any atom is 1.00 e. The number of hydrogen-bond acceptors (Lipinski definition) is 26. The standard InChI is InChI=1S/C51H40N6O23S6.6Na/c1-25-9-11-29(49(60)54-37-14-16-43(85(69,70)71)36-23-34(84(66,67)68)24-42(45(36)37)83-80-77-65)19-39(25)56-47(58)27-5-3-7-31(17-27)52-51(62)53-32-8-4-6-28(18-32)48(59)57-40-20-30(12-10-26(40)2)50(61)55-38-13-15-41(82-79-76-64)35-21-33(81-78-75-63)22-44(46(35)38)86(72,73)74;;;;;;/h3-24,63-65H,1-2H3,(H,54,60)(H,55,61)(H,56,58)(H,57,59)(H2,52,53,62)(H,66,67,68)(H,69,70,71)(H,72,73,74);;;;;;/q;6*+1/p-6. The summed E-state index contributed by atoms with van der Waals surface area (Å²) >= 11 is 0.634. The molecule has 0 heterocycles. The van der Waals surface area contributed by atoms with Crippen molar-refractivity contribution in [1.82, 2.24) is 0 Å². The van der Waals surface area contributed by atoms with Gasteiger partial charge < -0.3 is 61.3 Å². The van der Waals surface area contributed by atoms with E-state index in [2.05, 4.69) is 60.0 Å². The molecule has 0 aliphatic rings. The molecular weight excluding hydrogens is 1390 g/mol. The number of benzene rings is 8. The van der Waals surface area contributed by atoms with E-state index < -0.39 is 85.0 Å². The van der Waals surface area contributed by atoms with Crippen LogP contribution in [0.2, 0.25) is 0 Å². The van der Waals surface area contributed by atoms with Gasteiger partial charge in [0.15, 0.2) is 0 Å². The summed E-state index contributed by atoms with van der Waals surface area (Å²) in [4.78, 5) is 64.7. The molecule has 0 aromatic heterocycles. The second-order valence-electron chi connectivity index (χ2n) is 17.5. The van der Waals surface area contributed by atoms with Crippen LogP contribution in [0.15, 0.2) is 163 Å². The normalized spacial score (nSPS) is 11.0. The van der Waals surface area contributed by atoms with Gasteiger partial charge in [-0.25, -0.2) is 30.0 Å².